The molecule has 6 heteroatoms. The van der Waals surface area contributed by atoms with E-state index in [1.165, 1.54) is 0 Å². The molecule has 5 nitrogen and oxygen atoms in total. The molecule has 0 amide bonds. The lowest BCUT2D eigenvalue weighted by Gasteiger charge is -2.17. The zero-order valence-corrected chi connectivity index (χ0v) is 16.1. The van der Waals surface area contributed by atoms with Crippen LogP contribution in [-0.4, -0.2) is 20.0 Å². The molecule has 1 aromatic carbocycles. The molecule has 1 heterocycles. The van der Waals surface area contributed by atoms with Gasteiger partial charge in [-0.3, -0.25) is 4.98 Å². The SMILES string of the molecule is CCCOc1cc(C)c(C(C)C)cc1S(=O)(=O)NCc1ccccn1. The van der Waals surface area contributed by atoms with E-state index < -0.39 is 10.0 Å². The van der Waals surface area contributed by atoms with E-state index in [0.717, 1.165) is 17.5 Å². The van der Waals surface area contributed by atoms with Crippen molar-refractivity contribution < 1.29 is 13.2 Å². The molecule has 1 N–H and O–H groups in total. The second kappa shape index (κ2) is 8.45. The molecule has 0 aliphatic carbocycles. The second-order valence-electron chi connectivity index (χ2n) is 6.30. The van der Waals surface area contributed by atoms with E-state index in [1.807, 2.05) is 39.8 Å². The number of aryl methyl sites for hydroxylation is 1. The molecule has 2 rings (SSSR count). The fraction of sp³-hybridized carbons (Fsp3) is 0.421. The number of pyridine rings is 1. The third-order valence-electron chi connectivity index (χ3n) is 3.88. The molecular weight excluding hydrogens is 336 g/mol. The summed E-state index contributed by atoms with van der Waals surface area (Å²) in [5.41, 5.74) is 2.70. The lowest BCUT2D eigenvalue weighted by molar-refractivity contribution is 0.308. The number of aromatic nitrogens is 1. The summed E-state index contributed by atoms with van der Waals surface area (Å²) in [5, 5.41) is 0. The summed E-state index contributed by atoms with van der Waals surface area (Å²) in [6.45, 7) is 8.68. The molecule has 1 aromatic heterocycles. The van der Waals surface area contributed by atoms with Gasteiger partial charge in [0.25, 0.3) is 0 Å². The van der Waals surface area contributed by atoms with Crippen LogP contribution in [0.3, 0.4) is 0 Å². The average Bonchev–Trinajstić information content (AvgIpc) is 2.58. The van der Waals surface area contributed by atoms with Crippen LogP contribution in [0.5, 0.6) is 5.75 Å². The van der Waals surface area contributed by atoms with Gasteiger partial charge in [-0.25, -0.2) is 13.1 Å². The highest BCUT2D eigenvalue weighted by atomic mass is 32.2. The van der Waals surface area contributed by atoms with Crippen LogP contribution in [0.4, 0.5) is 0 Å². The maximum Gasteiger partial charge on any atom is 0.244 e. The van der Waals surface area contributed by atoms with Crippen LogP contribution in [0.2, 0.25) is 0 Å². The molecule has 25 heavy (non-hydrogen) atoms. The second-order valence-corrected chi connectivity index (χ2v) is 8.04. The van der Waals surface area contributed by atoms with Gasteiger partial charge in [0, 0.05) is 6.20 Å². The number of ether oxygens (including phenoxy) is 1. The van der Waals surface area contributed by atoms with Gasteiger partial charge in [-0.1, -0.05) is 26.8 Å². The highest BCUT2D eigenvalue weighted by molar-refractivity contribution is 7.89. The van der Waals surface area contributed by atoms with Crippen molar-refractivity contribution in [3.8, 4) is 5.75 Å². The minimum atomic E-state index is -3.71. The Hall–Kier alpha value is -1.92. The minimum absolute atomic E-state index is 0.140. The summed E-state index contributed by atoms with van der Waals surface area (Å²) in [4.78, 5) is 4.34. The topological polar surface area (TPSA) is 68.3 Å². The lowest BCUT2D eigenvalue weighted by atomic mass is 9.98. The first kappa shape index (κ1) is 19.4. The highest BCUT2D eigenvalue weighted by Crippen LogP contribution is 2.31. The van der Waals surface area contributed by atoms with Crippen molar-refractivity contribution in [2.75, 3.05) is 6.61 Å². The number of nitrogens with one attached hydrogen (secondary N) is 1. The van der Waals surface area contributed by atoms with Crippen LogP contribution < -0.4 is 9.46 Å². The van der Waals surface area contributed by atoms with Gasteiger partial charge >= 0.3 is 0 Å². The molecule has 0 saturated heterocycles. The van der Waals surface area contributed by atoms with E-state index in [0.29, 0.717) is 18.1 Å². The Morgan fingerprint density at radius 1 is 1.24 bits per heavy atom. The third-order valence-corrected chi connectivity index (χ3v) is 5.30. The number of sulfonamides is 1. The van der Waals surface area contributed by atoms with Gasteiger partial charge in [0.1, 0.15) is 10.6 Å². The molecule has 0 fully saturated rings. The zero-order chi connectivity index (χ0) is 18.4. The van der Waals surface area contributed by atoms with Crippen LogP contribution >= 0.6 is 0 Å². The summed E-state index contributed by atoms with van der Waals surface area (Å²) in [7, 11) is -3.71. The van der Waals surface area contributed by atoms with E-state index in [4.69, 9.17) is 4.74 Å². The maximum absolute atomic E-state index is 12.9. The fourth-order valence-electron chi connectivity index (χ4n) is 2.58. The Bertz CT molecular complexity index is 803. The van der Waals surface area contributed by atoms with Crippen LogP contribution in [-0.2, 0) is 16.6 Å². The standard InChI is InChI=1S/C19H26N2O3S/c1-5-10-24-18-11-15(4)17(14(2)3)12-19(18)25(22,23)21-13-16-8-6-7-9-20-16/h6-9,11-12,14,21H,5,10,13H2,1-4H3. The molecule has 2 aromatic rings. The van der Waals surface area contributed by atoms with Gasteiger partial charge in [-0.05, 0) is 54.7 Å². The quantitative estimate of drug-likeness (QED) is 0.776. The van der Waals surface area contributed by atoms with Crippen molar-refractivity contribution in [1.29, 1.82) is 0 Å². The van der Waals surface area contributed by atoms with E-state index in [-0.39, 0.29) is 17.4 Å². The largest absolute Gasteiger partial charge is 0.492 e. The van der Waals surface area contributed by atoms with Gasteiger partial charge in [0.05, 0.1) is 18.8 Å². The van der Waals surface area contributed by atoms with Crippen molar-refractivity contribution >= 4 is 10.0 Å². The molecule has 0 aliphatic rings. The first-order valence-electron chi connectivity index (χ1n) is 8.52. The van der Waals surface area contributed by atoms with Crippen LogP contribution in [0, 0.1) is 6.92 Å². The predicted molar refractivity (Wildman–Crippen MR) is 99.3 cm³/mol. The van der Waals surface area contributed by atoms with E-state index in [1.54, 1.807) is 24.4 Å². The molecule has 0 atom stereocenters. The summed E-state index contributed by atoms with van der Waals surface area (Å²) < 4.78 is 34.0. The van der Waals surface area contributed by atoms with Crippen molar-refractivity contribution in [2.45, 2.75) is 51.5 Å². The molecule has 0 spiro atoms. The van der Waals surface area contributed by atoms with Crippen LogP contribution in [0.25, 0.3) is 0 Å². The van der Waals surface area contributed by atoms with Gasteiger partial charge in [0.15, 0.2) is 0 Å². The maximum atomic E-state index is 12.9. The Morgan fingerprint density at radius 2 is 2.00 bits per heavy atom. The number of hydrogen-bond acceptors (Lipinski definition) is 4. The van der Waals surface area contributed by atoms with E-state index >= 15 is 0 Å². The molecule has 136 valence electrons. The first-order valence-corrected chi connectivity index (χ1v) is 10.0. The molecular formula is C19H26N2O3S. The molecule has 0 aliphatic heterocycles. The van der Waals surface area contributed by atoms with Crippen molar-refractivity contribution in [3.63, 3.8) is 0 Å². The fourth-order valence-corrected chi connectivity index (χ4v) is 3.74. The monoisotopic (exact) mass is 362 g/mol. The molecule has 0 saturated carbocycles. The van der Waals surface area contributed by atoms with Gasteiger partial charge in [-0.2, -0.15) is 0 Å². The smallest absolute Gasteiger partial charge is 0.244 e. The molecule has 0 bridgehead atoms. The summed E-state index contributed by atoms with van der Waals surface area (Å²) >= 11 is 0. The molecule has 0 unspecified atom stereocenters. The Labute approximate surface area is 150 Å². The van der Waals surface area contributed by atoms with E-state index in [2.05, 4.69) is 9.71 Å². The van der Waals surface area contributed by atoms with Crippen molar-refractivity contribution in [2.24, 2.45) is 0 Å². The Balaban J connectivity index is 2.37. The van der Waals surface area contributed by atoms with Crippen molar-refractivity contribution in [1.82, 2.24) is 9.71 Å². The minimum Gasteiger partial charge on any atom is -0.492 e. The molecule has 0 radical (unpaired) electrons. The Morgan fingerprint density at radius 3 is 2.60 bits per heavy atom. The van der Waals surface area contributed by atoms with Crippen LogP contribution in [0.15, 0.2) is 41.4 Å². The predicted octanol–water partition coefficient (Wildman–Crippen LogP) is 3.78. The van der Waals surface area contributed by atoms with Gasteiger partial charge in [0.2, 0.25) is 10.0 Å². The number of nitrogens with zero attached hydrogens (tertiary/aromatic N) is 1. The first-order chi connectivity index (χ1) is 11.8. The number of rotatable bonds is 8. The summed E-state index contributed by atoms with van der Waals surface area (Å²) in [6, 6.07) is 8.95. The number of hydrogen-bond donors (Lipinski definition) is 1. The van der Waals surface area contributed by atoms with Gasteiger partial charge in [-0.15, -0.1) is 0 Å². The third kappa shape index (κ3) is 5.03. The highest BCUT2D eigenvalue weighted by Gasteiger charge is 2.22. The average molecular weight is 362 g/mol. The summed E-state index contributed by atoms with van der Waals surface area (Å²) in [6.07, 6.45) is 2.45. The normalized spacial score (nSPS) is 11.7. The zero-order valence-electron chi connectivity index (χ0n) is 15.2. The lowest BCUT2D eigenvalue weighted by Crippen LogP contribution is -2.24. The summed E-state index contributed by atoms with van der Waals surface area (Å²) in [5.74, 6) is 0.627. The van der Waals surface area contributed by atoms with Crippen molar-refractivity contribution in [3.05, 3.63) is 53.3 Å². The van der Waals surface area contributed by atoms with Gasteiger partial charge < -0.3 is 4.74 Å². The van der Waals surface area contributed by atoms with Crippen LogP contribution in [0.1, 0.15) is 49.9 Å². The number of benzene rings is 1. The Kier molecular flexibility index (Phi) is 6.56. The van der Waals surface area contributed by atoms with E-state index in [9.17, 15) is 8.42 Å².